The monoisotopic (exact) mass is 232 g/mol. The van der Waals surface area contributed by atoms with Crippen LogP contribution >= 0.6 is 11.3 Å². The van der Waals surface area contributed by atoms with E-state index in [-0.39, 0.29) is 0 Å². The van der Waals surface area contributed by atoms with Crippen molar-refractivity contribution in [2.24, 2.45) is 5.73 Å². The molecule has 1 aromatic carbocycles. The summed E-state index contributed by atoms with van der Waals surface area (Å²) in [6.07, 6.45) is 1.14. The van der Waals surface area contributed by atoms with Gasteiger partial charge in [0.2, 0.25) is 0 Å². The highest BCUT2D eigenvalue weighted by atomic mass is 32.1. The minimum absolute atomic E-state index is 0.380. The van der Waals surface area contributed by atoms with Crippen molar-refractivity contribution in [2.75, 3.05) is 13.1 Å². The molecule has 0 radical (unpaired) electrons. The molecule has 0 amide bonds. The molecule has 1 aliphatic rings. The third kappa shape index (κ3) is 1.86. The summed E-state index contributed by atoms with van der Waals surface area (Å²) >= 11 is 1.84. The van der Waals surface area contributed by atoms with E-state index < -0.39 is 0 Å². The molecule has 0 bridgehead atoms. The maximum absolute atomic E-state index is 5.93. The molecule has 16 heavy (non-hydrogen) atoms. The molecule has 1 aromatic heterocycles. The van der Waals surface area contributed by atoms with Crippen molar-refractivity contribution in [3.05, 3.63) is 35.2 Å². The van der Waals surface area contributed by atoms with Gasteiger partial charge in [-0.1, -0.05) is 18.2 Å². The molecule has 1 saturated heterocycles. The van der Waals surface area contributed by atoms with E-state index in [1.165, 1.54) is 15.6 Å². The minimum Gasteiger partial charge on any atom is -0.326 e. The molecule has 2 nitrogen and oxygen atoms in total. The SMILES string of the molecule is NC1CCN(Cc2csc3ccccc23)C1. The van der Waals surface area contributed by atoms with Crippen molar-refractivity contribution in [2.45, 2.75) is 19.0 Å². The first-order valence-electron chi connectivity index (χ1n) is 5.76. The highest BCUT2D eigenvalue weighted by molar-refractivity contribution is 7.17. The van der Waals surface area contributed by atoms with Crippen LogP contribution in [0.2, 0.25) is 0 Å². The normalized spacial score (nSPS) is 21.9. The topological polar surface area (TPSA) is 29.3 Å². The van der Waals surface area contributed by atoms with Gasteiger partial charge in [-0.15, -0.1) is 11.3 Å². The predicted molar refractivity (Wildman–Crippen MR) is 69.7 cm³/mol. The first kappa shape index (κ1) is 10.3. The molecule has 2 N–H and O–H groups in total. The average Bonchev–Trinajstić information content (AvgIpc) is 2.87. The molecule has 3 heteroatoms. The Morgan fingerprint density at radius 3 is 3.06 bits per heavy atom. The number of nitrogens with zero attached hydrogens (tertiary/aromatic N) is 1. The van der Waals surface area contributed by atoms with Crippen molar-refractivity contribution in [3.63, 3.8) is 0 Å². The minimum atomic E-state index is 0.380. The number of likely N-dealkylation sites (tertiary alicyclic amines) is 1. The van der Waals surface area contributed by atoms with Crippen LogP contribution in [-0.2, 0) is 6.54 Å². The first-order valence-corrected chi connectivity index (χ1v) is 6.64. The lowest BCUT2D eigenvalue weighted by atomic mass is 10.2. The first-order chi connectivity index (χ1) is 7.83. The molecule has 84 valence electrons. The fourth-order valence-electron chi connectivity index (χ4n) is 2.40. The van der Waals surface area contributed by atoms with Gasteiger partial charge in [0, 0.05) is 30.4 Å². The van der Waals surface area contributed by atoms with Crippen LogP contribution < -0.4 is 5.73 Å². The van der Waals surface area contributed by atoms with Crippen LogP contribution in [0.5, 0.6) is 0 Å². The molecule has 0 spiro atoms. The van der Waals surface area contributed by atoms with E-state index in [1.807, 2.05) is 11.3 Å². The smallest absolute Gasteiger partial charge is 0.0346 e. The Balaban J connectivity index is 1.84. The van der Waals surface area contributed by atoms with Crippen LogP contribution in [0.25, 0.3) is 10.1 Å². The maximum atomic E-state index is 5.93. The standard InChI is InChI=1S/C13H16N2S/c14-11-5-6-15(8-11)7-10-9-16-13-4-2-1-3-12(10)13/h1-4,9,11H,5-8,14H2. The predicted octanol–water partition coefficient (Wildman–Crippen LogP) is 2.43. The van der Waals surface area contributed by atoms with Gasteiger partial charge in [0.1, 0.15) is 0 Å². The van der Waals surface area contributed by atoms with Gasteiger partial charge in [-0.05, 0) is 28.8 Å². The van der Waals surface area contributed by atoms with Crippen molar-refractivity contribution >= 4 is 21.4 Å². The fourth-order valence-corrected chi connectivity index (χ4v) is 3.36. The van der Waals surface area contributed by atoms with Gasteiger partial charge in [0.05, 0.1) is 0 Å². The van der Waals surface area contributed by atoms with E-state index in [4.69, 9.17) is 5.73 Å². The van der Waals surface area contributed by atoms with Crippen molar-refractivity contribution in [1.29, 1.82) is 0 Å². The zero-order chi connectivity index (χ0) is 11.0. The second-order valence-electron chi connectivity index (χ2n) is 4.54. The average molecular weight is 232 g/mol. The van der Waals surface area contributed by atoms with Crippen LogP contribution in [0, 0.1) is 0 Å². The van der Waals surface area contributed by atoms with Gasteiger partial charge in [-0.25, -0.2) is 0 Å². The van der Waals surface area contributed by atoms with Crippen LogP contribution in [0.3, 0.4) is 0 Å². The quantitative estimate of drug-likeness (QED) is 0.861. The summed E-state index contributed by atoms with van der Waals surface area (Å²) in [5, 5.41) is 3.70. The van der Waals surface area contributed by atoms with Gasteiger partial charge in [-0.2, -0.15) is 0 Å². The van der Waals surface area contributed by atoms with Gasteiger partial charge in [0.15, 0.2) is 0 Å². The van der Waals surface area contributed by atoms with Gasteiger partial charge in [0.25, 0.3) is 0 Å². The fraction of sp³-hybridized carbons (Fsp3) is 0.385. The van der Waals surface area contributed by atoms with Gasteiger partial charge in [-0.3, -0.25) is 4.90 Å². The van der Waals surface area contributed by atoms with Crippen molar-refractivity contribution in [3.8, 4) is 0 Å². The largest absolute Gasteiger partial charge is 0.326 e. The van der Waals surface area contributed by atoms with E-state index in [0.717, 1.165) is 26.1 Å². The summed E-state index contributed by atoms with van der Waals surface area (Å²) in [5.74, 6) is 0. The molecule has 0 aliphatic carbocycles. The molecule has 3 rings (SSSR count). The summed E-state index contributed by atoms with van der Waals surface area (Å²) in [4.78, 5) is 2.46. The second kappa shape index (κ2) is 4.17. The number of thiophene rings is 1. The van der Waals surface area contributed by atoms with E-state index >= 15 is 0 Å². The summed E-state index contributed by atoms with van der Waals surface area (Å²) in [6.45, 7) is 3.24. The Labute approximate surface area is 99.7 Å². The molecular formula is C13H16N2S. The molecule has 1 fully saturated rings. The highest BCUT2D eigenvalue weighted by Gasteiger charge is 2.19. The van der Waals surface area contributed by atoms with Crippen molar-refractivity contribution < 1.29 is 0 Å². The molecule has 2 aromatic rings. The van der Waals surface area contributed by atoms with E-state index in [2.05, 4.69) is 34.5 Å². The Bertz CT molecular complexity index is 491. The van der Waals surface area contributed by atoms with Crippen LogP contribution in [0.4, 0.5) is 0 Å². The Kier molecular flexibility index (Phi) is 2.67. The Morgan fingerprint density at radius 1 is 1.38 bits per heavy atom. The maximum Gasteiger partial charge on any atom is 0.0346 e. The zero-order valence-corrected chi connectivity index (χ0v) is 10.0. The molecular weight excluding hydrogens is 216 g/mol. The third-order valence-electron chi connectivity index (χ3n) is 3.26. The zero-order valence-electron chi connectivity index (χ0n) is 9.23. The van der Waals surface area contributed by atoms with Crippen LogP contribution in [0.1, 0.15) is 12.0 Å². The summed E-state index contributed by atoms with van der Waals surface area (Å²) < 4.78 is 1.39. The third-order valence-corrected chi connectivity index (χ3v) is 4.28. The van der Waals surface area contributed by atoms with Gasteiger partial charge < -0.3 is 5.73 Å². The Hall–Kier alpha value is -0.900. The molecule has 1 unspecified atom stereocenters. The number of rotatable bonds is 2. The lowest BCUT2D eigenvalue weighted by molar-refractivity contribution is 0.328. The van der Waals surface area contributed by atoms with E-state index in [9.17, 15) is 0 Å². The lowest BCUT2D eigenvalue weighted by Gasteiger charge is -2.14. The van der Waals surface area contributed by atoms with Crippen molar-refractivity contribution in [1.82, 2.24) is 4.90 Å². The molecule has 1 aliphatic heterocycles. The lowest BCUT2D eigenvalue weighted by Crippen LogP contribution is -2.26. The molecule has 0 saturated carbocycles. The number of benzene rings is 1. The van der Waals surface area contributed by atoms with E-state index in [1.54, 1.807) is 0 Å². The summed E-state index contributed by atoms with van der Waals surface area (Å²) in [5.41, 5.74) is 7.38. The Morgan fingerprint density at radius 2 is 2.25 bits per heavy atom. The van der Waals surface area contributed by atoms with Crippen LogP contribution in [0.15, 0.2) is 29.6 Å². The number of fused-ring (bicyclic) bond motifs is 1. The second-order valence-corrected chi connectivity index (χ2v) is 5.45. The number of nitrogens with two attached hydrogens (primary N) is 1. The summed E-state index contributed by atoms with van der Waals surface area (Å²) in [6, 6.07) is 9.02. The molecule has 2 heterocycles. The highest BCUT2D eigenvalue weighted by Crippen LogP contribution is 2.27. The van der Waals surface area contributed by atoms with Gasteiger partial charge >= 0.3 is 0 Å². The molecule has 1 atom stereocenters. The van der Waals surface area contributed by atoms with Crippen LogP contribution in [-0.4, -0.2) is 24.0 Å². The number of hydrogen-bond donors (Lipinski definition) is 1. The number of hydrogen-bond acceptors (Lipinski definition) is 3. The summed E-state index contributed by atoms with van der Waals surface area (Å²) in [7, 11) is 0. The van der Waals surface area contributed by atoms with E-state index in [0.29, 0.717) is 6.04 Å².